The molecule has 2 fully saturated rings. The lowest BCUT2D eigenvalue weighted by molar-refractivity contribution is -0.143. The van der Waals surface area contributed by atoms with E-state index >= 15 is 0 Å². The van der Waals surface area contributed by atoms with Crippen molar-refractivity contribution in [3.05, 3.63) is 53.1 Å². The van der Waals surface area contributed by atoms with Gasteiger partial charge in [-0.05, 0) is 36.6 Å². The molecule has 9 nitrogen and oxygen atoms in total. The molecule has 5 atom stereocenters. The van der Waals surface area contributed by atoms with Crippen LogP contribution in [0.2, 0.25) is 0 Å². The second kappa shape index (κ2) is 7.28. The molecule has 3 amide bonds. The molecule has 34 heavy (non-hydrogen) atoms. The van der Waals surface area contributed by atoms with Gasteiger partial charge < -0.3 is 19.9 Å². The summed E-state index contributed by atoms with van der Waals surface area (Å²) in [4.78, 5) is 42.1. The summed E-state index contributed by atoms with van der Waals surface area (Å²) in [6.45, 7) is 3.74. The van der Waals surface area contributed by atoms with Gasteiger partial charge in [0, 0.05) is 17.3 Å². The number of carbonyl (C=O) groups is 3. The van der Waals surface area contributed by atoms with Crippen LogP contribution in [0.25, 0.3) is 0 Å². The van der Waals surface area contributed by atoms with Crippen LogP contribution in [0.5, 0.6) is 11.5 Å². The first kappa shape index (κ1) is 21.1. The van der Waals surface area contributed by atoms with Crippen molar-refractivity contribution in [3.8, 4) is 11.5 Å². The van der Waals surface area contributed by atoms with Crippen LogP contribution in [-0.2, 0) is 32.9 Å². The maximum Gasteiger partial charge on any atom is 0.250 e. The van der Waals surface area contributed by atoms with Gasteiger partial charge in [-0.1, -0.05) is 31.2 Å². The Morgan fingerprint density at radius 2 is 1.94 bits per heavy atom. The highest BCUT2D eigenvalue weighted by Gasteiger charge is 2.71. The first-order chi connectivity index (χ1) is 16.4. The molecule has 0 radical (unpaired) electrons. The third kappa shape index (κ3) is 2.65. The number of fused-ring (bicyclic) bond motifs is 5. The fourth-order valence-corrected chi connectivity index (χ4v) is 5.97. The van der Waals surface area contributed by atoms with Crippen molar-refractivity contribution in [2.24, 2.45) is 11.8 Å². The molecule has 0 bridgehead atoms. The van der Waals surface area contributed by atoms with Crippen LogP contribution in [-0.4, -0.2) is 46.7 Å². The van der Waals surface area contributed by atoms with E-state index in [0.29, 0.717) is 34.7 Å². The Balaban J connectivity index is 1.43. The average Bonchev–Trinajstić information content (AvgIpc) is 3.55. The summed E-state index contributed by atoms with van der Waals surface area (Å²) in [6.07, 6.45) is -0.239. The summed E-state index contributed by atoms with van der Waals surface area (Å²) in [5.41, 5.74) is 1.59. The van der Waals surface area contributed by atoms with Gasteiger partial charge in [0.2, 0.25) is 24.5 Å². The summed E-state index contributed by atoms with van der Waals surface area (Å²) in [6, 6.07) is 10.2. The van der Waals surface area contributed by atoms with E-state index in [2.05, 4.69) is 10.6 Å². The van der Waals surface area contributed by atoms with Crippen LogP contribution in [0.4, 0.5) is 5.69 Å². The topological polar surface area (TPSA) is 117 Å². The normalized spacial score (nSPS) is 29.6. The standard InChI is InChI=1S/C25H25N3O6/c1-3-14-5-4-6-15-21(14)26-24(32)25(15)19-18(20(27-25)12(2)29)22(30)28(23(19)31)10-13-7-8-16-17(9-13)34-11-33-16/h4-9,12,18-20,27,29H,3,10-11H2,1-2H3,(H,26,32)/t12-,18+,19+,20+,25+/m1/s1. The lowest BCUT2D eigenvalue weighted by Crippen LogP contribution is -2.54. The zero-order chi connectivity index (χ0) is 23.8. The number of benzene rings is 2. The minimum atomic E-state index is -1.41. The zero-order valence-electron chi connectivity index (χ0n) is 18.8. The van der Waals surface area contributed by atoms with Gasteiger partial charge in [-0.2, -0.15) is 0 Å². The molecular formula is C25H25N3O6. The minimum Gasteiger partial charge on any atom is -0.454 e. The number of anilines is 1. The van der Waals surface area contributed by atoms with E-state index in [1.54, 1.807) is 25.1 Å². The summed E-state index contributed by atoms with van der Waals surface area (Å²) in [5.74, 6) is -1.82. The smallest absolute Gasteiger partial charge is 0.250 e. The number of para-hydroxylation sites is 1. The molecule has 1 spiro atoms. The Hall–Kier alpha value is -3.43. The Kier molecular flexibility index (Phi) is 4.53. The molecule has 4 aliphatic heterocycles. The zero-order valence-corrected chi connectivity index (χ0v) is 18.8. The third-order valence-electron chi connectivity index (χ3n) is 7.54. The molecule has 2 aromatic rings. The largest absolute Gasteiger partial charge is 0.454 e. The molecule has 0 aromatic heterocycles. The Morgan fingerprint density at radius 3 is 2.71 bits per heavy atom. The molecule has 6 rings (SSSR count). The lowest BCUT2D eigenvalue weighted by Gasteiger charge is -2.30. The predicted octanol–water partition coefficient (Wildman–Crippen LogP) is 1.28. The lowest BCUT2D eigenvalue weighted by atomic mass is 9.76. The maximum absolute atomic E-state index is 13.8. The number of ether oxygens (including phenoxy) is 2. The molecular weight excluding hydrogens is 438 g/mol. The van der Waals surface area contributed by atoms with Crippen molar-refractivity contribution in [2.45, 2.75) is 44.5 Å². The summed E-state index contributed by atoms with van der Waals surface area (Å²) in [7, 11) is 0. The van der Waals surface area contributed by atoms with Crippen LogP contribution >= 0.6 is 0 Å². The average molecular weight is 463 g/mol. The quantitative estimate of drug-likeness (QED) is 0.585. The van der Waals surface area contributed by atoms with Crippen molar-refractivity contribution >= 4 is 23.4 Å². The van der Waals surface area contributed by atoms with E-state index < -0.39 is 41.3 Å². The number of likely N-dealkylation sites (tertiary alicyclic amines) is 1. The van der Waals surface area contributed by atoms with Crippen LogP contribution in [0.15, 0.2) is 36.4 Å². The Morgan fingerprint density at radius 1 is 1.15 bits per heavy atom. The first-order valence-electron chi connectivity index (χ1n) is 11.5. The Labute approximate surface area is 196 Å². The highest BCUT2D eigenvalue weighted by molar-refractivity contribution is 6.15. The number of carbonyl (C=O) groups excluding carboxylic acids is 3. The molecule has 0 aliphatic carbocycles. The number of aliphatic hydroxyl groups excluding tert-OH is 1. The maximum atomic E-state index is 13.8. The van der Waals surface area contributed by atoms with Gasteiger partial charge in [0.25, 0.3) is 0 Å². The van der Waals surface area contributed by atoms with Gasteiger partial charge in [-0.25, -0.2) is 0 Å². The fraction of sp³-hybridized carbons (Fsp3) is 0.400. The number of nitrogens with one attached hydrogen (secondary N) is 2. The van der Waals surface area contributed by atoms with Crippen molar-refractivity contribution in [1.29, 1.82) is 0 Å². The molecule has 3 N–H and O–H groups in total. The van der Waals surface area contributed by atoms with Gasteiger partial charge in [0.1, 0.15) is 5.54 Å². The second-order valence-electron chi connectivity index (χ2n) is 9.32. The highest BCUT2D eigenvalue weighted by Crippen LogP contribution is 2.54. The van der Waals surface area contributed by atoms with E-state index in [1.165, 1.54) is 4.90 Å². The van der Waals surface area contributed by atoms with E-state index in [9.17, 15) is 19.5 Å². The minimum absolute atomic E-state index is 0.0490. The molecule has 0 saturated carbocycles. The summed E-state index contributed by atoms with van der Waals surface area (Å²) >= 11 is 0. The number of aryl methyl sites for hydroxylation is 1. The highest BCUT2D eigenvalue weighted by atomic mass is 16.7. The number of imide groups is 1. The molecule has 9 heteroatoms. The molecule has 2 aromatic carbocycles. The van der Waals surface area contributed by atoms with Crippen molar-refractivity contribution < 1.29 is 29.0 Å². The number of aliphatic hydroxyl groups is 1. The molecule has 0 unspecified atom stereocenters. The third-order valence-corrected chi connectivity index (χ3v) is 7.54. The number of nitrogens with zero attached hydrogens (tertiary/aromatic N) is 1. The van der Waals surface area contributed by atoms with Crippen molar-refractivity contribution in [3.63, 3.8) is 0 Å². The van der Waals surface area contributed by atoms with Crippen LogP contribution in [0.1, 0.15) is 30.5 Å². The molecule has 176 valence electrons. The van der Waals surface area contributed by atoms with Gasteiger partial charge >= 0.3 is 0 Å². The number of rotatable bonds is 4. The van der Waals surface area contributed by atoms with Crippen LogP contribution in [0, 0.1) is 11.8 Å². The number of hydrogen-bond donors (Lipinski definition) is 3. The van der Waals surface area contributed by atoms with E-state index in [-0.39, 0.29) is 19.2 Å². The first-order valence-corrected chi connectivity index (χ1v) is 11.5. The van der Waals surface area contributed by atoms with Gasteiger partial charge in [0.15, 0.2) is 11.5 Å². The van der Waals surface area contributed by atoms with Gasteiger partial charge in [-0.15, -0.1) is 0 Å². The summed E-state index contributed by atoms with van der Waals surface area (Å²) < 4.78 is 10.8. The number of amides is 3. The van der Waals surface area contributed by atoms with Crippen molar-refractivity contribution in [2.75, 3.05) is 12.1 Å². The van der Waals surface area contributed by atoms with E-state index in [0.717, 1.165) is 5.56 Å². The SMILES string of the molecule is CCc1cccc2c1NC(=O)[C@]21N[C@@H]([C@@H](C)O)[C@H]2C(=O)N(Cc3ccc4c(c3)OCO4)C(=O)[C@H]21. The second-order valence-corrected chi connectivity index (χ2v) is 9.32. The monoisotopic (exact) mass is 463 g/mol. The van der Waals surface area contributed by atoms with Gasteiger partial charge in [-0.3, -0.25) is 24.6 Å². The molecule has 4 aliphatic rings. The molecule has 4 heterocycles. The predicted molar refractivity (Wildman–Crippen MR) is 120 cm³/mol. The van der Waals surface area contributed by atoms with Crippen LogP contribution in [0.3, 0.4) is 0 Å². The van der Waals surface area contributed by atoms with E-state index in [1.807, 2.05) is 25.1 Å². The molecule has 2 saturated heterocycles. The Bertz CT molecular complexity index is 1240. The van der Waals surface area contributed by atoms with Crippen molar-refractivity contribution in [1.82, 2.24) is 10.2 Å². The number of hydrogen-bond acceptors (Lipinski definition) is 7. The fourth-order valence-electron chi connectivity index (χ4n) is 5.97. The van der Waals surface area contributed by atoms with Gasteiger partial charge in [0.05, 0.1) is 24.5 Å². The van der Waals surface area contributed by atoms with E-state index in [4.69, 9.17) is 9.47 Å². The van der Waals surface area contributed by atoms with Crippen LogP contribution < -0.4 is 20.1 Å². The summed E-state index contributed by atoms with van der Waals surface area (Å²) in [5, 5.41) is 16.7.